The zero-order chi connectivity index (χ0) is 10.3. The number of hydrogen-bond donors (Lipinski definition) is 1. The molecule has 2 heteroatoms. The summed E-state index contributed by atoms with van der Waals surface area (Å²) in [7, 11) is 0. The molecule has 1 saturated carbocycles. The predicted octanol–water partition coefficient (Wildman–Crippen LogP) is 1.39. The number of nitrogens with one attached hydrogen (secondary N) is 1. The highest BCUT2D eigenvalue weighted by Gasteiger charge is 2.79. The van der Waals surface area contributed by atoms with Gasteiger partial charge in [-0.15, -0.1) is 0 Å². The van der Waals surface area contributed by atoms with Gasteiger partial charge in [0.25, 0.3) is 0 Å². The van der Waals surface area contributed by atoms with Crippen molar-refractivity contribution in [3.8, 4) is 0 Å². The molecule has 0 radical (unpaired) electrons. The Bertz CT molecular complexity index is 507. The molecular formula is C13H13NO. The molecule has 1 heterocycles. The van der Waals surface area contributed by atoms with Gasteiger partial charge < -0.3 is 5.32 Å². The Kier molecular flexibility index (Phi) is 1.09. The molecule has 0 aromatic heterocycles. The average Bonchev–Trinajstić information content (AvgIpc) is 2.69. The molecule has 1 aromatic carbocycles. The van der Waals surface area contributed by atoms with Crippen molar-refractivity contribution in [2.24, 2.45) is 0 Å². The fourth-order valence-corrected chi connectivity index (χ4v) is 3.83. The molecule has 1 saturated heterocycles. The van der Waals surface area contributed by atoms with Gasteiger partial charge in [0.15, 0.2) is 5.78 Å². The molecule has 2 unspecified atom stereocenters. The highest BCUT2D eigenvalue weighted by Crippen LogP contribution is 2.76. The van der Waals surface area contributed by atoms with Crippen LogP contribution in [0.15, 0.2) is 18.2 Å². The van der Waals surface area contributed by atoms with E-state index >= 15 is 0 Å². The summed E-state index contributed by atoms with van der Waals surface area (Å²) in [6.07, 6.45) is 1.31. The van der Waals surface area contributed by atoms with E-state index in [0.29, 0.717) is 10.8 Å². The molecule has 2 nitrogen and oxygen atoms in total. The minimum absolute atomic E-state index is 0.179. The molecule has 1 N–H and O–H groups in total. The maximum atomic E-state index is 11.3. The molecule has 2 atom stereocenters. The van der Waals surface area contributed by atoms with Gasteiger partial charge in [0, 0.05) is 29.5 Å². The van der Waals surface area contributed by atoms with Gasteiger partial charge in [-0.25, -0.2) is 0 Å². The third-order valence-corrected chi connectivity index (χ3v) is 4.71. The SMILES string of the molecule is CC(=O)c1ccc2c(c1)C13CNCC21C3. The zero-order valence-corrected chi connectivity index (χ0v) is 8.76. The first-order chi connectivity index (χ1) is 7.20. The van der Waals surface area contributed by atoms with Gasteiger partial charge in [-0.2, -0.15) is 0 Å². The summed E-state index contributed by atoms with van der Waals surface area (Å²) >= 11 is 0. The van der Waals surface area contributed by atoms with Crippen molar-refractivity contribution < 1.29 is 4.79 Å². The number of carbonyl (C=O) groups is 1. The third kappa shape index (κ3) is 0.634. The second kappa shape index (κ2) is 2.03. The van der Waals surface area contributed by atoms with E-state index in [9.17, 15) is 4.79 Å². The largest absolute Gasteiger partial charge is 0.315 e. The van der Waals surface area contributed by atoms with Gasteiger partial charge in [-0.1, -0.05) is 12.1 Å². The Balaban J connectivity index is 1.91. The minimum atomic E-state index is 0.179. The summed E-state index contributed by atoms with van der Waals surface area (Å²) in [5, 5.41) is 3.48. The fourth-order valence-electron chi connectivity index (χ4n) is 3.83. The molecular weight excluding hydrogens is 186 g/mol. The van der Waals surface area contributed by atoms with E-state index in [1.807, 2.05) is 6.07 Å². The van der Waals surface area contributed by atoms with Crippen molar-refractivity contribution in [1.29, 1.82) is 0 Å². The van der Waals surface area contributed by atoms with Crippen LogP contribution >= 0.6 is 0 Å². The third-order valence-electron chi connectivity index (χ3n) is 4.71. The fraction of sp³-hybridized carbons (Fsp3) is 0.462. The van der Waals surface area contributed by atoms with Crippen LogP contribution in [0.2, 0.25) is 0 Å². The number of piperidine rings is 1. The average molecular weight is 199 g/mol. The van der Waals surface area contributed by atoms with Crippen LogP contribution in [0.1, 0.15) is 34.8 Å². The lowest BCUT2D eigenvalue weighted by Crippen LogP contribution is -2.33. The predicted molar refractivity (Wildman–Crippen MR) is 57.3 cm³/mol. The van der Waals surface area contributed by atoms with E-state index in [1.165, 1.54) is 17.5 Å². The van der Waals surface area contributed by atoms with Crippen LogP contribution in [0.3, 0.4) is 0 Å². The second-order valence-corrected chi connectivity index (χ2v) is 5.26. The van der Waals surface area contributed by atoms with E-state index in [0.717, 1.165) is 18.7 Å². The van der Waals surface area contributed by atoms with Crippen molar-refractivity contribution in [2.45, 2.75) is 24.2 Å². The lowest BCUT2D eigenvalue weighted by Gasteiger charge is -2.33. The van der Waals surface area contributed by atoms with E-state index in [1.54, 1.807) is 6.92 Å². The van der Waals surface area contributed by atoms with E-state index in [2.05, 4.69) is 17.4 Å². The summed E-state index contributed by atoms with van der Waals surface area (Å²) in [6.45, 7) is 3.89. The maximum Gasteiger partial charge on any atom is 0.159 e. The summed E-state index contributed by atoms with van der Waals surface area (Å²) in [4.78, 5) is 11.3. The smallest absolute Gasteiger partial charge is 0.159 e. The number of fused-ring (bicyclic) bond motifs is 1. The van der Waals surface area contributed by atoms with Crippen molar-refractivity contribution >= 4 is 5.78 Å². The number of Topliss-reactive ketones (excluding diaryl/α,β-unsaturated/α-hetero) is 1. The van der Waals surface area contributed by atoms with Gasteiger partial charge in [0.2, 0.25) is 0 Å². The molecule has 0 spiro atoms. The summed E-state index contributed by atoms with van der Waals surface area (Å²) in [5.41, 5.74) is 4.71. The lowest BCUT2D eigenvalue weighted by molar-refractivity contribution is 0.101. The molecule has 2 aliphatic carbocycles. The Morgan fingerprint density at radius 1 is 1.27 bits per heavy atom. The maximum absolute atomic E-state index is 11.3. The van der Waals surface area contributed by atoms with Crippen LogP contribution in [0.5, 0.6) is 0 Å². The Morgan fingerprint density at radius 2 is 2.00 bits per heavy atom. The molecule has 76 valence electrons. The topological polar surface area (TPSA) is 29.1 Å². The van der Waals surface area contributed by atoms with Gasteiger partial charge in [-0.05, 0) is 30.5 Å². The van der Waals surface area contributed by atoms with Crippen LogP contribution in [0, 0.1) is 0 Å². The van der Waals surface area contributed by atoms with Crippen molar-refractivity contribution in [1.82, 2.24) is 5.32 Å². The lowest BCUT2D eigenvalue weighted by atomic mass is 9.69. The normalized spacial score (nSPS) is 38.7. The first-order valence-electron chi connectivity index (χ1n) is 5.56. The van der Waals surface area contributed by atoms with Crippen molar-refractivity contribution in [3.63, 3.8) is 0 Å². The van der Waals surface area contributed by atoms with Crippen LogP contribution in [-0.2, 0) is 10.8 Å². The standard InChI is InChI=1S/C13H13NO/c1-8(15)9-2-3-10-11(4-9)13-5-12(10,13)6-14-7-13/h2-4,14H,5-7H2,1H3. The quantitative estimate of drug-likeness (QED) is 0.692. The molecule has 0 bridgehead atoms. The monoisotopic (exact) mass is 199 g/mol. The van der Waals surface area contributed by atoms with E-state index in [4.69, 9.17) is 0 Å². The van der Waals surface area contributed by atoms with Gasteiger partial charge in [0.05, 0.1) is 0 Å². The Morgan fingerprint density at radius 3 is 2.73 bits per heavy atom. The van der Waals surface area contributed by atoms with Crippen molar-refractivity contribution in [2.75, 3.05) is 13.1 Å². The summed E-state index contributed by atoms with van der Waals surface area (Å²) in [6, 6.07) is 6.27. The molecule has 2 fully saturated rings. The molecule has 4 rings (SSSR count). The summed E-state index contributed by atoms with van der Waals surface area (Å²) < 4.78 is 0. The number of hydrogen-bond acceptors (Lipinski definition) is 2. The number of benzene rings is 1. The second-order valence-electron chi connectivity index (χ2n) is 5.26. The molecule has 1 aromatic rings. The minimum Gasteiger partial charge on any atom is -0.315 e. The highest BCUT2D eigenvalue weighted by atomic mass is 16.1. The first-order valence-corrected chi connectivity index (χ1v) is 5.56. The molecule has 3 aliphatic rings. The van der Waals surface area contributed by atoms with Crippen LogP contribution < -0.4 is 5.32 Å². The summed E-state index contributed by atoms with van der Waals surface area (Å²) in [5.74, 6) is 0.179. The van der Waals surface area contributed by atoms with Crippen molar-refractivity contribution in [3.05, 3.63) is 34.9 Å². The Hall–Kier alpha value is -1.15. The molecule has 15 heavy (non-hydrogen) atoms. The number of carbonyl (C=O) groups excluding carboxylic acids is 1. The Labute approximate surface area is 88.7 Å². The van der Waals surface area contributed by atoms with Gasteiger partial charge in [0.1, 0.15) is 0 Å². The van der Waals surface area contributed by atoms with Gasteiger partial charge in [-0.3, -0.25) is 4.79 Å². The van der Waals surface area contributed by atoms with Crippen LogP contribution in [0.4, 0.5) is 0 Å². The van der Waals surface area contributed by atoms with Crippen LogP contribution in [-0.4, -0.2) is 18.9 Å². The molecule has 1 aliphatic heterocycles. The highest BCUT2D eigenvalue weighted by molar-refractivity contribution is 5.95. The zero-order valence-electron chi connectivity index (χ0n) is 8.76. The van der Waals surface area contributed by atoms with Gasteiger partial charge >= 0.3 is 0 Å². The first kappa shape index (κ1) is 8.05. The number of rotatable bonds is 1. The van der Waals surface area contributed by atoms with E-state index < -0.39 is 0 Å². The molecule has 0 amide bonds. The number of ketones is 1. The van der Waals surface area contributed by atoms with E-state index in [-0.39, 0.29) is 5.78 Å². The van der Waals surface area contributed by atoms with Crippen LogP contribution in [0.25, 0.3) is 0 Å².